The number of hydrogen-bond acceptors (Lipinski definition) is 5. The van der Waals surface area contributed by atoms with Crippen LogP contribution < -0.4 is 4.90 Å². The van der Waals surface area contributed by atoms with E-state index in [1.165, 1.54) is 17.9 Å². The van der Waals surface area contributed by atoms with Gasteiger partial charge >= 0.3 is 12.1 Å². The SMILES string of the molecule is C=C(C)N(C(=C)/C=C(\C)C(F)(F)F)c1cc(SC(CC)C(=O)OCC2CCCCO2)c(Cl)cc1F.CC. The van der Waals surface area contributed by atoms with Gasteiger partial charge in [-0.3, -0.25) is 4.79 Å². The van der Waals surface area contributed by atoms with E-state index in [9.17, 15) is 22.4 Å². The van der Waals surface area contributed by atoms with Crippen molar-refractivity contribution in [3.63, 3.8) is 0 Å². The number of thioether (sulfide) groups is 1. The first-order valence-electron chi connectivity index (χ1n) is 12.2. The van der Waals surface area contributed by atoms with Crippen LogP contribution in [0.15, 0.2) is 53.2 Å². The second kappa shape index (κ2) is 15.4. The van der Waals surface area contributed by atoms with Gasteiger partial charge in [-0.25, -0.2) is 4.39 Å². The van der Waals surface area contributed by atoms with Crippen LogP contribution in [-0.2, 0) is 14.3 Å². The Morgan fingerprint density at radius 3 is 2.46 bits per heavy atom. The molecule has 0 saturated carbocycles. The third-order valence-electron chi connectivity index (χ3n) is 5.33. The van der Waals surface area contributed by atoms with Crippen LogP contribution >= 0.6 is 23.4 Å². The number of carbonyl (C=O) groups is 1. The Balaban J connectivity index is 0.00000334. The van der Waals surface area contributed by atoms with Crippen molar-refractivity contribution in [1.82, 2.24) is 0 Å². The van der Waals surface area contributed by atoms with Gasteiger partial charge in [-0.05, 0) is 57.7 Å². The second-order valence-electron chi connectivity index (χ2n) is 8.25. The average molecular weight is 566 g/mol. The molecule has 0 aromatic heterocycles. The monoisotopic (exact) mass is 565 g/mol. The first-order valence-corrected chi connectivity index (χ1v) is 13.4. The summed E-state index contributed by atoms with van der Waals surface area (Å²) in [4.78, 5) is 14.2. The molecule has 2 atom stereocenters. The van der Waals surface area contributed by atoms with Crippen molar-refractivity contribution >= 4 is 35.0 Å². The lowest BCUT2D eigenvalue weighted by molar-refractivity contribution is -0.148. The van der Waals surface area contributed by atoms with Crippen molar-refractivity contribution in [2.75, 3.05) is 18.1 Å². The fourth-order valence-corrected chi connectivity index (χ4v) is 4.71. The summed E-state index contributed by atoms with van der Waals surface area (Å²) in [5.74, 6) is -1.22. The fraction of sp³-hybridized carbons (Fsp3) is 0.519. The van der Waals surface area contributed by atoms with Crippen LogP contribution in [0.5, 0.6) is 0 Å². The summed E-state index contributed by atoms with van der Waals surface area (Å²) in [5.41, 5.74) is -0.853. The van der Waals surface area contributed by atoms with E-state index >= 15 is 0 Å². The lowest BCUT2D eigenvalue weighted by atomic mass is 10.1. The van der Waals surface area contributed by atoms with Crippen molar-refractivity contribution in [3.8, 4) is 0 Å². The molecule has 1 saturated heterocycles. The molecule has 37 heavy (non-hydrogen) atoms. The van der Waals surface area contributed by atoms with Gasteiger partial charge in [0.25, 0.3) is 0 Å². The molecule has 0 spiro atoms. The molecule has 0 bridgehead atoms. The largest absolute Gasteiger partial charge is 0.462 e. The predicted molar refractivity (Wildman–Crippen MR) is 143 cm³/mol. The number of nitrogens with zero attached hydrogens (tertiary/aromatic N) is 1. The number of halogens is 5. The lowest BCUT2D eigenvalue weighted by Gasteiger charge is -2.27. The number of carbonyl (C=O) groups excluding carboxylic acids is 1. The third-order valence-corrected chi connectivity index (χ3v) is 7.16. The van der Waals surface area contributed by atoms with Crippen LogP contribution in [0.1, 0.15) is 60.3 Å². The van der Waals surface area contributed by atoms with E-state index in [1.807, 2.05) is 13.8 Å². The van der Waals surface area contributed by atoms with Crippen molar-refractivity contribution in [3.05, 3.63) is 59.2 Å². The zero-order chi connectivity index (χ0) is 28.3. The molecule has 0 amide bonds. The highest BCUT2D eigenvalue weighted by Crippen LogP contribution is 2.39. The Morgan fingerprint density at radius 2 is 1.95 bits per heavy atom. The number of alkyl halides is 3. The molecular weight excluding hydrogens is 530 g/mol. The maximum Gasteiger partial charge on any atom is 0.412 e. The molecule has 2 unspecified atom stereocenters. The van der Waals surface area contributed by atoms with Gasteiger partial charge < -0.3 is 14.4 Å². The van der Waals surface area contributed by atoms with Gasteiger partial charge in [0.15, 0.2) is 0 Å². The zero-order valence-corrected chi connectivity index (χ0v) is 23.6. The zero-order valence-electron chi connectivity index (χ0n) is 22.0. The number of hydrogen-bond donors (Lipinski definition) is 0. The Kier molecular flexibility index (Phi) is 13.8. The van der Waals surface area contributed by atoms with Gasteiger partial charge in [0.05, 0.1) is 16.8 Å². The molecule has 1 heterocycles. The minimum absolute atomic E-state index is 0.0624. The molecule has 10 heteroatoms. The van der Waals surface area contributed by atoms with Crippen LogP contribution in [0.4, 0.5) is 23.2 Å². The van der Waals surface area contributed by atoms with Gasteiger partial charge in [0.1, 0.15) is 17.7 Å². The smallest absolute Gasteiger partial charge is 0.412 e. The molecule has 1 aliphatic rings. The Labute approximate surface area is 226 Å². The quantitative estimate of drug-likeness (QED) is 0.123. The molecule has 1 fully saturated rings. The van der Waals surface area contributed by atoms with E-state index < -0.39 is 28.8 Å². The third kappa shape index (κ3) is 10.0. The minimum Gasteiger partial charge on any atom is -0.462 e. The number of rotatable bonds is 10. The van der Waals surface area contributed by atoms with Crippen LogP contribution in [0, 0.1) is 5.82 Å². The standard InChI is InChI=1S/C25H30ClF4NO3S.C2H6/c1-6-22(24(32)34-14-18-9-7-8-10-33-18)35-23-13-21(20(27)12-19(23)26)31(15(2)3)17(5)11-16(4)25(28,29)30;1-2/h11-13,18,22H,2,5-10,14H2,1,3-4H3;1-2H3/b16-11+;. The Bertz CT molecular complexity index is 975. The molecule has 0 N–H and O–H groups in total. The normalized spacial score (nSPS) is 16.8. The highest BCUT2D eigenvalue weighted by molar-refractivity contribution is 8.00. The van der Waals surface area contributed by atoms with Crippen molar-refractivity contribution in [2.45, 2.75) is 82.7 Å². The molecule has 2 rings (SSSR count). The van der Waals surface area contributed by atoms with Crippen LogP contribution in [0.2, 0.25) is 5.02 Å². The number of benzene rings is 1. The highest BCUT2D eigenvalue weighted by atomic mass is 35.5. The van der Waals surface area contributed by atoms with Gasteiger partial charge in [0, 0.05) is 28.5 Å². The fourth-order valence-electron chi connectivity index (χ4n) is 3.44. The van der Waals surface area contributed by atoms with Crippen molar-refractivity contribution < 1.29 is 31.8 Å². The first kappa shape index (κ1) is 33.1. The molecule has 208 valence electrons. The number of anilines is 1. The predicted octanol–water partition coefficient (Wildman–Crippen LogP) is 8.85. The van der Waals surface area contributed by atoms with Crippen molar-refractivity contribution in [1.29, 1.82) is 0 Å². The van der Waals surface area contributed by atoms with Crippen molar-refractivity contribution in [2.24, 2.45) is 0 Å². The molecule has 1 aromatic rings. The molecular formula is C27H36ClF4NO3S. The molecule has 0 aliphatic carbocycles. The summed E-state index contributed by atoms with van der Waals surface area (Å²) in [5, 5.41) is -0.560. The van der Waals surface area contributed by atoms with Gasteiger partial charge in [-0.15, -0.1) is 11.8 Å². The van der Waals surface area contributed by atoms with E-state index in [0.717, 1.165) is 50.1 Å². The molecule has 4 nitrogen and oxygen atoms in total. The maximum absolute atomic E-state index is 14.9. The van der Waals surface area contributed by atoms with Gasteiger partial charge in [-0.1, -0.05) is 45.5 Å². The Morgan fingerprint density at radius 1 is 1.30 bits per heavy atom. The molecule has 0 radical (unpaired) electrons. The van der Waals surface area contributed by atoms with E-state index in [1.54, 1.807) is 6.92 Å². The summed E-state index contributed by atoms with van der Waals surface area (Å²) in [6, 6.07) is 2.43. The summed E-state index contributed by atoms with van der Waals surface area (Å²) < 4.78 is 65.0. The van der Waals surface area contributed by atoms with Gasteiger partial charge in [0.2, 0.25) is 0 Å². The summed E-state index contributed by atoms with van der Waals surface area (Å²) in [7, 11) is 0. The number of allylic oxidation sites excluding steroid dienone is 3. The van der Waals surface area contributed by atoms with E-state index in [0.29, 0.717) is 17.9 Å². The molecule has 1 aromatic carbocycles. The number of ether oxygens (including phenoxy) is 2. The summed E-state index contributed by atoms with van der Waals surface area (Å²) in [6.45, 7) is 16.4. The van der Waals surface area contributed by atoms with Crippen LogP contribution in [0.25, 0.3) is 0 Å². The van der Waals surface area contributed by atoms with E-state index in [2.05, 4.69) is 13.2 Å². The van der Waals surface area contributed by atoms with Gasteiger partial charge in [-0.2, -0.15) is 13.2 Å². The first-order chi connectivity index (χ1) is 17.3. The summed E-state index contributed by atoms with van der Waals surface area (Å²) in [6.07, 6.45) is -0.613. The second-order valence-corrected chi connectivity index (χ2v) is 9.91. The number of esters is 1. The summed E-state index contributed by atoms with van der Waals surface area (Å²) >= 11 is 7.35. The van der Waals surface area contributed by atoms with E-state index in [-0.39, 0.29) is 34.8 Å². The Hall–Kier alpha value is -1.97. The average Bonchev–Trinajstić information content (AvgIpc) is 2.84. The molecule has 1 aliphatic heterocycles. The minimum atomic E-state index is -4.55. The lowest BCUT2D eigenvalue weighted by Crippen LogP contribution is -2.29. The topological polar surface area (TPSA) is 38.8 Å². The van der Waals surface area contributed by atoms with E-state index in [4.69, 9.17) is 21.1 Å². The highest BCUT2D eigenvalue weighted by Gasteiger charge is 2.31. The van der Waals surface area contributed by atoms with Crippen LogP contribution in [-0.4, -0.2) is 36.7 Å². The van der Waals surface area contributed by atoms with Crippen LogP contribution in [0.3, 0.4) is 0 Å². The maximum atomic E-state index is 14.9.